The number of ether oxygens (including phenoxy) is 1. The molecule has 0 bridgehead atoms. The van der Waals surface area contributed by atoms with Crippen molar-refractivity contribution < 1.29 is 9.53 Å². The van der Waals surface area contributed by atoms with Gasteiger partial charge in [-0.25, -0.2) is 9.78 Å². The number of thioether (sulfide) groups is 1. The van der Waals surface area contributed by atoms with Crippen LogP contribution in [0.2, 0.25) is 0 Å². The summed E-state index contributed by atoms with van der Waals surface area (Å²) in [6, 6.07) is 10.0. The van der Waals surface area contributed by atoms with Crippen molar-refractivity contribution in [3.63, 3.8) is 0 Å². The van der Waals surface area contributed by atoms with Gasteiger partial charge in [-0.1, -0.05) is 6.07 Å². The summed E-state index contributed by atoms with van der Waals surface area (Å²) >= 11 is 1.74. The van der Waals surface area contributed by atoms with Crippen LogP contribution in [-0.4, -0.2) is 22.5 Å². The van der Waals surface area contributed by atoms with Gasteiger partial charge in [0.25, 0.3) is 0 Å². The lowest BCUT2D eigenvalue weighted by Gasteiger charge is -2.03. The van der Waals surface area contributed by atoms with Crippen molar-refractivity contribution in [3.05, 3.63) is 65.1 Å². The fraction of sp³-hybridized carbons (Fsp3) is 0.222. The summed E-state index contributed by atoms with van der Waals surface area (Å²) in [7, 11) is 1.38. The van der Waals surface area contributed by atoms with Crippen LogP contribution in [0.5, 0.6) is 0 Å². The zero-order valence-corrected chi connectivity index (χ0v) is 14.2. The third-order valence-electron chi connectivity index (χ3n) is 3.80. The quantitative estimate of drug-likeness (QED) is 0.536. The highest BCUT2D eigenvalue weighted by atomic mass is 32.2. The number of nitrogens with zero attached hydrogens (tertiary/aromatic N) is 2. The molecule has 0 amide bonds. The summed E-state index contributed by atoms with van der Waals surface area (Å²) in [5.41, 5.74) is 4.64. The fourth-order valence-electron chi connectivity index (χ4n) is 2.36. The molecule has 0 saturated heterocycles. The number of carbonyl (C=O) groups excluding carboxylic acids is 1. The topological polar surface area (TPSA) is 43.6 Å². The lowest BCUT2D eigenvalue weighted by atomic mass is 10.1. The molecule has 0 spiro atoms. The third-order valence-corrected chi connectivity index (χ3v) is 4.83. The average Bonchev–Trinajstić information content (AvgIpc) is 2.98. The zero-order chi connectivity index (χ0) is 16.4. The second-order valence-electron chi connectivity index (χ2n) is 5.41. The monoisotopic (exact) mass is 326 g/mol. The first-order valence-corrected chi connectivity index (χ1v) is 8.32. The lowest BCUT2D eigenvalue weighted by Crippen LogP contribution is -2.03. The van der Waals surface area contributed by atoms with Crippen molar-refractivity contribution in [1.82, 2.24) is 9.38 Å². The van der Waals surface area contributed by atoms with Crippen LogP contribution in [0.3, 0.4) is 0 Å². The van der Waals surface area contributed by atoms with Gasteiger partial charge in [0.1, 0.15) is 5.56 Å². The average molecular weight is 326 g/mol. The van der Waals surface area contributed by atoms with Gasteiger partial charge in [0.2, 0.25) is 0 Å². The van der Waals surface area contributed by atoms with Crippen LogP contribution in [0.4, 0.5) is 0 Å². The molecule has 4 nitrogen and oxygen atoms in total. The Morgan fingerprint density at radius 2 is 2.09 bits per heavy atom. The van der Waals surface area contributed by atoms with Gasteiger partial charge in [-0.3, -0.25) is 0 Å². The second-order valence-corrected chi connectivity index (χ2v) is 6.46. The summed E-state index contributed by atoms with van der Waals surface area (Å²) in [6.07, 6.45) is 3.84. The largest absolute Gasteiger partial charge is 0.465 e. The fourth-order valence-corrected chi connectivity index (χ4v) is 3.24. The molecule has 2 heterocycles. The Hall–Kier alpha value is -2.27. The van der Waals surface area contributed by atoms with Gasteiger partial charge < -0.3 is 9.14 Å². The Balaban J connectivity index is 1.83. The number of imidazole rings is 1. The lowest BCUT2D eigenvalue weighted by molar-refractivity contribution is 0.0602. The number of benzene rings is 1. The third kappa shape index (κ3) is 3.24. The maximum absolute atomic E-state index is 11.8. The number of aryl methyl sites for hydroxylation is 2. The van der Waals surface area contributed by atoms with Crippen LogP contribution in [0.25, 0.3) is 5.65 Å². The molecule has 1 aromatic carbocycles. The maximum Gasteiger partial charge on any atom is 0.341 e. The number of rotatable bonds is 4. The number of esters is 1. The number of carbonyl (C=O) groups is 1. The van der Waals surface area contributed by atoms with Crippen molar-refractivity contribution in [2.24, 2.45) is 0 Å². The smallest absolute Gasteiger partial charge is 0.341 e. The van der Waals surface area contributed by atoms with Crippen molar-refractivity contribution >= 4 is 23.4 Å². The molecule has 0 radical (unpaired) electrons. The number of pyridine rings is 1. The molecule has 0 aliphatic heterocycles. The second kappa shape index (κ2) is 6.46. The van der Waals surface area contributed by atoms with Gasteiger partial charge in [0.05, 0.1) is 12.8 Å². The highest BCUT2D eigenvalue weighted by Crippen LogP contribution is 2.25. The maximum atomic E-state index is 11.8. The van der Waals surface area contributed by atoms with E-state index in [1.807, 2.05) is 22.9 Å². The van der Waals surface area contributed by atoms with Crippen LogP contribution in [0, 0.1) is 13.8 Å². The summed E-state index contributed by atoms with van der Waals surface area (Å²) in [4.78, 5) is 17.6. The van der Waals surface area contributed by atoms with E-state index in [-0.39, 0.29) is 5.97 Å². The molecule has 0 atom stereocenters. The molecule has 5 heteroatoms. The van der Waals surface area contributed by atoms with Gasteiger partial charge in [-0.05, 0) is 49.2 Å². The highest BCUT2D eigenvalue weighted by Gasteiger charge is 2.13. The molecular formula is C18H18N2O2S. The van der Waals surface area contributed by atoms with Crippen LogP contribution in [0.1, 0.15) is 27.2 Å². The van der Waals surface area contributed by atoms with E-state index in [2.05, 4.69) is 37.0 Å². The molecule has 0 unspecified atom stereocenters. The van der Waals surface area contributed by atoms with Gasteiger partial charge in [-0.2, -0.15) is 0 Å². The predicted molar refractivity (Wildman–Crippen MR) is 92.0 cm³/mol. The minimum Gasteiger partial charge on any atom is -0.465 e. The first-order valence-electron chi connectivity index (χ1n) is 7.33. The van der Waals surface area contributed by atoms with E-state index in [0.717, 1.165) is 11.4 Å². The Bertz CT molecular complexity index is 871. The van der Waals surface area contributed by atoms with Crippen LogP contribution >= 0.6 is 11.8 Å². The Labute approximate surface area is 139 Å². The van der Waals surface area contributed by atoms with Gasteiger partial charge in [-0.15, -0.1) is 11.8 Å². The van der Waals surface area contributed by atoms with Crippen molar-refractivity contribution in [2.75, 3.05) is 7.11 Å². The predicted octanol–water partition coefficient (Wildman–Crippen LogP) is 4.03. The molecule has 0 aliphatic rings. The van der Waals surface area contributed by atoms with E-state index >= 15 is 0 Å². The van der Waals surface area contributed by atoms with E-state index in [1.165, 1.54) is 23.1 Å². The zero-order valence-electron chi connectivity index (χ0n) is 13.4. The van der Waals surface area contributed by atoms with E-state index < -0.39 is 0 Å². The van der Waals surface area contributed by atoms with E-state index in [0.29, 0.717) is 11.2 Å². The van der Waals surface area contributed by atoms with Crippen LogP contribution in [0.15, 0.2) is 47.6 Å². The van der Waals surface area contributed by atoms with E-state index in [4.69, 9.17) is 4.74 Å². The molecule has 0 fully saturated rings. The Morgan fingerprint density at radius 3 is 2.83 bits per heavy atom. The van der Waals surface area contributed by atoms with Crippen molar-refractivity contribution in [3.8, 4) is 0 Å². The summed E-state index contributed by atoms with van der Waals surface area (Å²) in [5, 5.41) is 0. The van der Waals surface area contributed by atoms with Gasteiger partial charge in [0.15, 0.2) is 5.65 Å². The Morgan fingerprint density at radius 1 is 1.26 bits per heavy atom. The minimum atomic E-state index is -0.366. The Kier molecular flexibility index (Phi) is 4.39. The molecule has 3 rings (SSSR count). The minimum absolute atomic E-state index is 0.366. The molecule has 2 aromatic heterocycles. The van der Waals surface area contributed by atoms with Crippen molar-refractivity contribution in [2.45, 2.75) is 24.5 Å². The molecule has 0 saturated carbocycles. The number of methoxy groups -OCH3 is 1. The number of hydrogen-bond donors (Lipinski definition) is 0. The molecule has 23 heavy (non-hydrogen) atoms. The van der Waals surface area contributed by atoms with Gasteiger partial charge in [0, 0.05) is 23.0 Å². The molecule has 3 aromatic rings. The van der Waals surface area contributed by atoms with E-state index in [9.17, 15) is 4.79 Å². The standard InChI is InChI=1S/C18H18N2O2S/c1-12-6-7-15(9-13(12)2)23-11-14-10-20-8-4-5-16(17(20)19-14)18(21)22-3/h4-10H,11H2,1-3H3. The summed E-state index contributed by atoms with van der Waals surface area (Å²) < 4.78 is 6.67. The van der Waals surface area contributed by atoms with Crippen molar-refractivity contribution in [1.29, 1.82) is 0 Å². The van der Waals surface area contributed by atoms with Crippen LogP contribution < -0.4 is 0 Å². The SMILES string of the molecule is COC(=O)c1cccn2cc(CSc3ccc(C)c(C)c3)nc12. The molecule has 118 valence electrons. The van der Waals surface area contributed by atoms with E-state index in [1.54, 1.807) is 17.8 Å². The normalized spacial score (nSPS) is 10.9. The summed E-state index contributed by atoms with van der Waals surface area (Å²) in [5.74, 6) is 0.389. The molecule has 0 aliphatic carbocycles. The number of hydrogen-bond acceptors (Lipinski definition) is 4. The first kappa shape index (κ1) is 15.6. The summed E-state index contributed by atoms with van der Waals surface area (Å²) in [6.45, 7) is 4.23. The highest BCUT2D eigenvalue weighted by molar-refractivity contribution is 7.98. The van der Waals surface area contributed by atoms with Gasteiger partial charge >= 0.3 is 5.97 Å². The first-order chi connectivity index (χ1) is 11.1. The molecule has 0 N–H and O–H groups in total. The molecular weight excluding hydrogens is 308 g/mol. The number of aromatic nitrogens is 2. The van der Waals surface area contributed by atoms with Crippen LogP contribution in [-0.2, 0) is 10.5 Å². The number of fused-ring (bicyclic) bond motifs is 1.